The van der Waals surface area contributed by atoms with E-state index in [2.05, 4.69) is 10.3 Å². The Hall–Kier alpha value is -1.81. The number of nitrogens with two attached hydrogens (primary N) is 1. The van der Waals surface area contributed by atoms with Crippen molar-refractivity contribution < 1.29 is 4.39 Å². The summed E-state index contributed by atoms with van der Waals surface area (Å²) in [5, 5.41) is 3.29. The van der Waals surface area contributed by atoms with Crippen LogP contribution in [-0.4, -0.2) is 4.98 Å². The monoisotopic (exact) mass is 251 g/mol. The van der Waals surface area contributed by atoms with E-state index in [-0.39, 0.29) is 5.82 Å². The summed E-state index contributed by atoms with van der Waals surface area (Å²) < 4.78 is 13.1. The summed E-state index contributed by atoms with van der Waals surface area (Å²) >= 11 is 5.77. The van der Waals surface area contributed by atoms with Crippen LogP contribution < -0.4 is 11.1 Å². The van der Waals surface area contributed by atoms with Crippen LogP contribution in [-0.2, 0) is 0 Å². The summed E-state index contributed by atoms with van der Waals surface area (Å²) in [6.07, 6.45) is 0. The van der Waals surface area contributed by atoms with Crippen LogP contribution in [0.3, 0.4) is 0 Å². The van der Waals surface area contributed by atoms with Gasteiger partial charge in [0.1, 0.15) is 11.0 Å². The topological polar surface area (TPSA) is 50.9 Å². The number of pyridine rings is 1. The average molecular weight is 252 g/mol. The van der Waals surface area contributed by atoms with E-state index in [1.54, 1.807) is 18.2 Å². The first-order chi connectivity index (χ1) is 8.06. The van der Waals surface area contributed by atoms with E-state index in [1.165, 1.54) is 12.1 Å². The average Bonchev–Trinajstić information content (AvgIpc) is 2.28. The van der Waals surface area contributed by atoms with Gasteiger partial charge in [0.15, 0.2) is 5.82 Å². The van der Waals surface area contributed by atoms with Crippen molar-refractivity contribution in [2.24, 2.45) is 0 Å². The molecule has 0 aliphatic rings. The zero-order valence-electron chi connectivity index (χ0n) is 9.17. The van der Waals surface area contributed by atoms with Crippen LogP contribution >= 0.6 is 11.6 Å². The zero-order valence-corrected chi connectivity index (χ0v) is 9.92. The van der Waals surface area contributed by atoms with E-state index in [1.807, 2.05) is 6.92 Å². The summed E-state index contributed by atoms with van der Waals surface area (Å²) in [6.45, 7) is 1.86. The number of halogens is 2. The van der Waals surface area contributed by atoms with E-state index in [0.29, 0.717) is 22.3 Å². The third-order valence-corrected chi connectivity index (χ3v) is 2.56. The van der Waals surface area contributed by atoms with Crippen LogP contribution in [0.4, 0.5) is 21.6 Å². The second-order valence-corrected chi connectivity index (χ2v) is 4.04. The highest BCUT2D eigenvalue weighted by Gasteiger charge is 2.05. The van der Waals surface area contributed by atoms with Gasteiger partial charge in [0.2, 0.25) is 0 Å². The lowest BCUT2D eigenvalue weighted by Crippen LogP contribution is -2.00. The van der Waals surface area contributed by atoms with E-state index in [9.17, 15) is 4.39 Å². The summed E-state index contributed by atoms with van der Waals surface area (Å²) in [5.41, 5.74) is 7.72. The molecular weight excluding hydrogens is 241 g/mol. The lowest BCUT2D eigenvalue weighted by atomic mass is 10.2. The van der Waals surface area contributed by atoms with Crippen molar-refractivity contribution >= 4 is 28.8 Å². The van der Waals surface area contributed by atoms with Gasteiger partial charge in [-0.05, 0) is 36.8 Å². The summed E-state index contributed by atoms with van der Waals surface area (Å²) in [6, 6.07) is 7.71. The standard InChI is InChI=1S/C12H11ClFN3/c1-7-2-3-8(14)6-10(7)16-12-9(15)4-5-11(13)17-12/h2-6H,15H2,1H3,(H,16,17). The second kappa shape index (κ2) is 4.59. The molecule has 3 nitrogen and oxygen atoms in total. The largest absolute Gasteiger partial charge is 0.396 e. The van der Waals surface area contributed by atoms with Crippen LogP contribution in [0.1, 0.15) is 5.56 Å². The van der Waals surface area contributed by atoms with Crippen LogP contribution in [0.2, 0.25) is 5.15 Å². The lowest BCUT2D eigenvalue weighted by Gasteiger charge is -2.11. The van der Waals surface area contributed by atoms with E-state index in [4.69, 9.17) is 17.3 Å². The fourth-order valence-corrected chi connectivity index (χ4v) is 1.55. The molecule has 3 N–H and O–H groups in total. The predicted molar refractivity (Wildman–Crippen MR) is 68.1 cm³/mol. The van der Waals surface area contributed by atoms with Gasteiger partial charge in [0.05, 0.1) is 5.69 Å². The second-order valence-electron chi connectivity index (χ2n) is 3.66. The molecule has 0 amide bonds. The number of benzene rings is 1. The molecule has 0 aliphatic heterocycles. The van der Waals surface area contributed by atoms with E-state index in [0.717, 1.165) is 5.56 Å². The predicted octanol–water partition coefficient (Wildman–Crippen LogP) is 3.51. The van der Waals surface area contributed by atoms with Crippen LogP contribution in [0.5, 0.6) is 0 Å². The molecule has 0 spiro atoms. The SMILES string of the molecule is Cc1ccc(F)cc1Nc1nc(Cl)ccc1N. The Balaban J connectivity index is 2.37. The number of rotatable bonds is 2. The molecule has 0 unspecified atom stereocenters. The molecule has 0 aliphatic carbocycles. The van der Waals surface area contributed by atoms with Crippen molar-refractivity contribution in [3.05, 3.63) is 46.9 Å². The number of hydrogen-bond donors (Lipinski definition) is 2. The van der Waals surface area contributed by atoms with Gasteiger partial charge in [-0.25, -0.2) is 9.37 Å². The molecular formula is C12H11ClFN3. The van der Waals surface area contributed by atoms with Crippen LogP contribution in [0.25, 0.3) is 0 Å². The van der Waals surface area contributed by atoms with Gasteiger partial charge >= 0.3 is 0 Å². The van der Waals surface area contributed by atoms with Crippen molar-refractivity contribution in [1.82, 2.24) is 4.98 Å². The number of nitrogen functional groups attached to an aromatic ring is 1. The van der Waals surface area contributed by atoms with Gasteiger partial charge in [-0.3, -0.25) is 0 Å². The Morgan fingerprint density at radius 2 is 2.06 bits per heavy atom. The molecule has 17 heavy (non-hydrogen) atoms. The number of nitrogens with one attached hydrogen (secondary N) is 1. The highest BCUT2D eigenvalue weighted by Crippen LogP contribution is 2.25. The van der Waals surface area contributed by atoms with Gasteiger partial charge in [-0.15, -0.1) is 0 Å². The minimum Gasteiger partial charge on any atom is -0.396 e. The van der Waals surface area contributed by atoms with Gasteiger partial charge in [-0.1, -0.05) is 17.7 Å². The first-order valence-electron chi connectivity index (χ1n) is 5.01. The molecule has 88 valence electrons. The molecule has 0 bridgehead atoms. The first kappa shape index (κ1) is 11.7. The molecule has 0 fully saturated rings. The van der Waals surface area contributed by atoms with Crippen molar-refractivity contribution in [1.29, 1.82) is 0 Å². The molecule has 1 aromatic carbocycles. The maximum absolute atomic E-state index is 13.1. The van der Waals surface area contributed by atoms with Crippen molar-refractivity contribution in [3.63, 3.8) is 0 Å². The van der Waals surface area contributed by atoms with Crippen LogP contribution in [0.15, 0.2) is 30.3 Å². The van der Waals surface area contributed by atoms with Crippen molar-refractivity contribution in [2.75, 3.05) is 11.1 Å². The Bertz CT molecular complexity index is 508. The molecule has 2 rings (SSSR count). The Kier molecular flexibility index (Phi) is 3.15. The quantitative estimate of drug-likeness (QED) is 0.803. The fourth-order valence-electron chi connectivity index (χ4n) is 1.40. The third kappa shape index (κ3) is 2.65. The number of aromatic nitrogens is 1. The first-order valence-corrected chi connectivity index (χ1v) is 5.39. The summed E-state index contributed by atoms with van der Waals surface area (Å²) in [7, 11) is 0. The molecule has 0 atom stereocenters. The number of aryl methyl sites for hydroxylation is 1. The normalized spacial score (nSPS) is 10.3. The molecule has 2 aromatic rings. The number of nitrogens with zero attached hydrogens (tertiary/aromatic N) is 1. The smallest absolute Gasteiger partial charge is 0.155 e. The number of anilines is 3. The Labute approximate surface area is 103 Å². The number of hydrogen-bond acceptors (Lipinski definition) is 3. The Morgan fingerprint density at radius 1 is 1.29 bits per heavy atom. The van der Waals surface area contributed by atoms with E-state index < -0.39 is 0 Å². The van der Waals surface area contributed by atoms with Crippen molar-refractivity contribution in [2.45, 2.75) is 6.92 Å². The van der Waals surface area contributed by atoms with Gasteiger partial charge < -0.3 is 11.1 Å². The summed E-state index contributed by atoms with van der Waals surface area (Å²) in [5.74, 6) is 0.102. The maximum Gasteiger partial charge on any atom is 0.155 e. The molecule has 0 saturated heterocycles. The third-order valence-electron chi connectivity index (χ3n) is 2.35. The van der Waals surface area contributed by atoms with E-state index >= 15 is 0 Å². The van der Waals surface area contributed by atoms with Gasteiger partial charge in [0, 0.05) is 5.69 Å². The molecule has 1 heterocycles. The fraction of sp³-hybridized carbons (Fsp3) is 0.0833. The molecule has 5 heteroatoms. The highest BCUT2D eigenvalue weighted by molar-refractivity contribution is 6.29. The Morgan fingerprint density at radius 3 is 2.82 bits per heavy atom. The zero-order chi connectivity index (χ0) is 12.4. The lowest BCUT2D eigenvalue weighted by molar-refractivity contribution is 0.628. The summed E-state index contributed by atoms with van der Waals surface area (Å²) in [4.78, 5) is 4.05. The van der Waals surface area contributed by atoms with Gasteiger partial charge in [0.25, 0.3) is 0 Å². The van der Waals surface area contributed by atoms with Crippen LogP contribution in [0, 0.1) is 12.7 Å². The van der Waals surface area contributed by atoms with Crippen molar-refractivity contribution in [3.8, 4) is 0 Å². The molecule has 0 saturated carbocycles. The molecule has 0 radical (unpaired) electrons. The minimum absolute atomic E-state index is 0.321. The minimum atomic E-state index is -0.321. The van der Waals surface area contributed by atoms with Gasteiger partial charge in [-0.2, -0.15) is 0 Å². The highest BCUT2D eigenvalue weighted by atomic mass is 35.5. The maximum atomic E-state index is 13.1. The molecule has 1 aromatic heterocycles.